The summed E-state index contributed by atoms with van der Waals surface area (Å²) in [6.07, 6.45) is 0. The molecule has 1 unspecified atom stereocenters. The molecule has 28 heavy (non-hydrogen) atoms. The molecule has 0 aliphatic heterocycles. The van der Waals surface area contributed by atoms with Crippen molar-refractivity contribution in [2.24, 2.45) is 0 Å². The normalized spacial score (nSPS) is 11.6. The number of nitro benzene ring substituents is 1. The number of rotatable bonds is 6. The molecule has 0 radical (unpaired) electrons. The van der Waals surface area contributed by atoms with E-state index in [0.29, 0.717) is 17.1 Å². The molecule has 1 amide bonds. The Morgan fingerprint density at radius 2 is 1.68 bits per heavy atom. The first-order valence-electron chi connectivity index (χ1n) is 8.81. The Bertz CT molecular complexity index is 985. The molecule has 1 atom stereocenters. The number of hydrogen-bond donors (Lipinski definition) is 1. The van der Waals surface area contributed by atoms with Crippen LogP contribution >= 0.6 is 11.6 Å². The SMILES string of the molecule is CC(c1ccc(Cl)cc1)c1ccccc1C(=O)NCc1ccc([N+](=O)[O-])cc1. The lowest BCUT2D eigenvalue weighted by Gasteiger charge is -2.17. The van der Waals surface area contributed by atoms with Crippen molar-refractivity contribution in [2.45, 2.75) is 19.4 Å². The molecule has 3 aromatic carbocycles. The van der Waals surface area contributed by atoms with Crippen molar-refractivity contribution in [2.75, 3.05) is 0 Å². The van der Waals surface area contributed by atoms with Crippen LogP contribution in [-0.4, -0.2) is 10.8 Å². The Balaban J connectivity index is 1.75. The summed E-state index contributed by atoms with van der Waals surface area (Å²) in [5, 5.41) is 14.3. The van der Waals surface area contributed by atoms with Gasteiger partial charge >= 0.3 is 0 Å². The molecular weight excluding hydrogens is 376 g/mol. The molecule has 6 heteroatoms. The predicted molar refractivity (Wildman–Crippen MR) is 110 cm³/mol. The van der Waals surface area contributed by atoms with Gasteiger partial charge in [0.05, 0.1) is 4.92 Å². The summed E-state index contributed by atoms with van der Waals surface area (Å²) in [4.78, 5) is 23.0. The number of nitrogens with zero attached hydrogens (tertiary/aromatic N) is 1. The first-order chi connectivity index (χ1) is 13.5. The number of carbonyl (C=O) groups is 1. The average molecular weight is 395 g/mol. The van der Waals surface area contributed by atoms with Gasteiger partial charge in [0, 0.05) is 35.2 Å². The fraction of sp³-hybridized carbons (Fsp3) is 0.136. The second-order valence-electron chi connectivity index (χ2n) is 6.47. The number of hydrogen-bond acceptors (Lipinski definition) is 3. The van der Waals surface area contributed by atoms with E-state index >= 15 is 0 Å². The Kier molecular flexibility index (Phi) is 6.06. The highest BCUT2D eigenvalue weighted by Gasteiger charge is 2.17. The van der Waals surface area contributed by atoms with Gasteiger partial charge in [-0.3, -0.25) is 14.9 Å². The quantitative estimate of drug-likeness (QED) is 0.453. The van der Waals surface area contributed by atoms with Gasteiger partial charge in [0.2, 0.25) is 0 Å². The summed E-state index contributed by atoms with van der Waals surface area (Å²) in [5.74, 6) is -0.159. The van der Waals surface area contributed by atoms with E-state index in [-0.39, 0.29) is 17.5 Å². The van der Waals surface area contributed by atoms with Crippen molar-refractivity contribution < 1.29 is 9.72 Å². The van der Waals surface area contributed by atoms with Crippen molar-refractivity contribution in [1.82, 2.24) is 5.32 Å². The Labute approximate surface area is 168 Å². The zero-order valence-electron chi connectivity index (χ0n) is 15.3. The molecule has 0 bridgehead atoms. The second-order valence-corrected chi connectivity index (χ2v) is 6.90. The van der Waals surface area contributed by atoms with E-state index in [2.05, 4.69) is 5.32 Å². The minimum Gasteiger partial charge on any atom is -0.348 e. The summed E-state index contributed by atoms with van der Waals surface area (Å²) < 4.78 is 0. The van der Waals surface area contributed by atoms with Gasteiger partial charge in [-0.1, -0.05) is 61.0 Å². The molecule has 0 heterocycles. The third kappa shape index (κ3) is 4.56. The summed E-state index contributed by atoms with van der Waals surface area (Å²) in [6.45, 7) is 2.34. The van der Waals surface area contributed by atoms with Gasteiger partial charge in [0.25, 0.3) is 11.6 Å². The van der Waals surface area contributed by atoms with E-state index in [1.54, 1.807) is 18.2 Å². The Morgan fingerprint density at radius 1 is 1.04 bits per heavy atom. The molecule has 1 N–H and O–H groups in total. The van der Waals surface area contributed by atoms with Gasteiger partial charge in [-0.15, -0.1) is 0 Å². The highest BCUT2D eigenvalue weighted by atomic mass is 35.5. The van der Waals surface area contributed by atoms with Gasteiger partial charge in [0.15, 0.2) is 0 Å². The van der Waals surface area contributed by atoms with Crippen LogP contribution in [0, 0.1) is 10.1 Å². The van der Waals surface area contributed by atoms with Crippen molar-refractivity contribution in [3.8, 4) is 0 Å². The van der Waals surface area contributed by atoms with Crippen LogP contribution in [0.25, 0.3) is 0 Å². The molecule has 142 valence electrons. The highest BCUT2D eigenvalue weighted by molar-refractivity contribution is 6.30. The smallest absolute Gasteiger partial charge is 0.269 e. The molecule has 0 aliphatic carbocycles. The van der Waals surface area contributed by atoms with Gasteiger partial charge in [0.1, 0.15) is 0 Å². The summed E-state index contributed by atoms with van der Waals surface area (Å²) >= 11 is 5.97. The zero-order valence-corrected chi connectivity index (χ0v) is 16.0. The topological polar surface area (TPSA) is 72.2 Å². The maximum atomic E-state index is 12.8. The van der Waals surface area contributed by atoms with Crippen molar-refractivity contribution in [3.63, 3.8) is 0 Å². The number of nitro groups is 1. The lowest BCUT2D eigenvalue weighted by atomic mass is 9.89. The standard InChI is InChI=1S/C22H19ClN2O3/c1-15(17-8-10-18(23)11-9-17)20-4-2-3-5-21(20)22(26)24-14-16-6-12-19(13-7-16)25(27)28/h2-13,15H,14H2,1H3,(H,24,26). The van der Waals surface area contributed by atoms with E-state index < -0.39 is 4.92 Å². The molecule has 5 nitrogen and oxygen atoms in total. The third-order valence-electron chi connectivity index (χ3n) is 4.64. The minimum atomic E-state index is -0.448. The summed E-state index contributed by atoms with van der Waals surface area (Å²) in [6, 6.07) is 21.2. The fourth-order valence-electron chi connectivity index (χ4n) is 3.03. The molecule has 3 rings (SSSR count). The van der Waals surface area contributed by atoms with Crippen LogP contribution in [0.4, 0.5) is 5.69 Å². The van der Waals surface area contributed by atoms with E-state index in [1.807, 2.05) is 49.4 Å². The largest absolute Gasteiger partial charge is 0.348 e. The zero-order chi connectivity index (χ0) is 20.1. The molecule has 0 spiro atoms. The highest BCUT2D eigenvalue weighted by Crippen LogP contribution is 2.28. The van der Waals surface area contributed by atoms with Crippen molar-refractivity contribution in [3.05, 3.63) is 110 Å². The molecule has 0 aromatic heterocycles. The monoisotopic (exact) mass is 394 g/mol. The molecule has 0 aliphatic rings. The number of non-ortho nitro benzene ring substituents is 1. The van der Waals surface area contributed by atoms with Crippen LogP contribution in [0.2, 0.25) is 5.02 Å². The van der Waals surface area contributed by atoms with E-state index in [1.165, 1.54) is 12.1 Å². The second kappa shape index (κ2) is 8.67. The minimum absolute atomic E-state index is 0.0252. The molecule has 3 aromatic rings. The van der Waals surface area contributed by atoms with Gasteiger partial charge in [-0.25, -0.2) is 0 Å². The number of amides is 1. The molecule has 0 saturated carbocycles. The van der Waals surface area contributed by atoms with Crippen LogP contribution in [0.15, 0.2) is 72.8 Å². The van der Waals surface area contributed by atoms with Gasteiger partial charge in [-0.2, -0.15) is 0 Å². The van der Waals surface area contributed by atoms with Crippen molar-refractivity contribution in [1.29, 1.82) is 0 Å². The van der Waals surface area contributed by atoms with E-state index in [0.717, 1.165) is 16.7 Å². The fourth-order valence-corrected chi connectivity index (χ4v) is 3.15. The van der Waals surface area contributed by atoms with E-state index in [9.17, 15) is 14.9 Å². The lowest BCUT2D eigenvalue weighted by Crippen LogP contribution is -2.24. The van der Waals surface area contributed by atoms with Crippen LogP contribution < -0.4 is 5.32 Å². The number of carbonyl (C=O) groups excluding carboxylic acids is 1. The van der Waals surface area contributed by atoms with Crippen LogP contribution in [0.5, 0.6) is 0 Å². The number of nitrogens with one attached hydrogen (secondary N) is 1. The van der Waals surface area contributed by atoms with Gasteiger partial charge in [-0.05, 0) is 34.9 Å². The Hall–Kier alpha value is -3.18. The van der Waals surface area contributed by atoms with E-state index in [4.69, 9.17) is 11.6 Å². The summed E-state index contributed by atoms with van der Waals surface area (Å²) in [5.41, 5.74) is 3.41. The maximum absolute atomic E-state index is 12.8. The number of benzene rings is 3. The molecule has 0 fully saturated rings. The molecular formula is C22H19ClN2O3. The predicted octanol–water partition coefficient (Wildman–Crippen LogP) is 5.33. The average Bonchev–Trinajstić information content (AvgIpc) is 2.72. The first kappa shape index (κ1) is 19.6. The molecule has 0 saturated heterocycles. The van der Waals surface area contributed by atoms with Crippen LogP contribution in [-0.2, 0) is 6.54 Å². The van der Waals surface area contributed by atoms with Crippen LogP contribution in [0.3, 0.4) is 0 Å². The van der Waals surface area contributed by atoms with Crippen molar-refractivity contribution >= 4 is 23.2 Å². The van der Waals surface area contributed by atoms with Gasteiger partial charge < -0.3 is 5.32 Å². The number of halogens is 1. The maximum Gasteiger partial charge on any atom is 0.269 e. The summed E-state index contributed by atoms with van der Waals surface area (Å²) in [7, 11) is 0. The Morgan fingerprint density at radius 3 is 2.32 bits per heavy atom. The third-order valence-corrected chi connectivity index (χ3v) is 4.89. The lowest BCUT2D eigenvalue weighted by molar-refractivity contribution is -0.384. The first-order valence-corrected chi connectivity index (χ1v) is 9.19. The van der Waals surface area contributed by atoms with Crippen LogP contribution in [0.1, 0.15) is 39.9 Å².